The molecule has 3 aromatic rings. The summed E-state index contributed by atoms with van der Waals surface area (Å²) in [7, 11) is 0. The monoisotopic (exact) mass is 326 g/mol. The Hall–Kier alpha value is -2.96. The first-order valence-electron chi connectivity index (χ1n) is 7.62. The summed E-state index contributed by atoms with van der Waals surface area (Å²) in [5.74, 6) is 0.217. The number of aromatic nitrogens is 3. The number of fused-ring (bicyclic) bond motifs is 1. The highest BCUT2D eigenvalue weighted by atomic mass is 16.5. The van der Waals surface area contributed by atoms with Crippen LogP contribution in [0.2, 0.25) is 0 Å². The number of carbonyl (C=O) groups excluding carboxylic acids is 1. The van der Waals surface area contributed by atoms with Gasteiger partial charge >= 0.3 is 0 Å². The summed E-state index contributed by atoms with van der Waals surface area (Å²) in [6.07, 6.45) is 0. The number of benzene rings is 1. The van der Waals surface area contributed by atoms with E-state index in [4.69, 9.17) is 4.52 Å². The number of para-hydroxylation sites is 1. The minimum absolute atomic E-state index is 0.190. The molecule has 0 saturated heterocycles. The van der Waals surface area contributed by atoms with Crippen molar-refractivity contribution in [3.05, 3.63) is 51.6 Å². The summed E-state index contributed by atoms with van der Waals surface area (Å²) in [6.45, 7) is 7.01. The minimum Gasteiger partial charge on any atom is -0.360 e. The van der Waals surface area contributed by atoms with Crippen molar-refractivity contribution in [3.8, 4) is 0 Å². The lowest BCUT2D eigenvalue weighted by molar-refractivity contribution is -0.119. The van der Waals surface area contributed by atoms with Gasteiger partial charge in [0.15, 0.2) is 5.52 Å². The van der Waals surface area contributed by atoms with Gasteiger partial charge in [0.25, 0.3) is 5.56 Å². The van der Waals surface area contributed by atoms with Crippen molar-refractivity contribution >= 4 is 22.5 Å². The molecule has 1 amide bonds. The van der Waals surface area contributed by atoms with Crippen LogP contribution in [0.1, 0.15) is 30.0 Å². The van der Waals surface area contributed by atoms with Gasteiger partial charge in [-0.15, -0.1) is 0 Å². The van der Waals surface area contributed by atoms with Gasteiger partial charge in [0.1, 0.15) is 11.8 Å². The first kappa shape index (κ1) is 15.9. The molecule has 0 fully saturated rings. The minimum atomic E-state index is -0.780. The standard InChI is InChI=1S/C17H18N4O3/c1-9-7-5-6-8-13(9)18-16(22)11(3)21-17(23)15-14(10(2)19-21)12(4)24-20-15/h5-8,11H,1-4H3,(H,18,22)/t11-/m1/s1. The average Bonchev–Trinajstić information content (AvgIpc) is 2.95. The Balaban J connectivity index is 1.98. The lowest BCUT2D eigenvalue weighted by atomic mass is 10.2. The number of hydrogen-bond acceptors (Lipinski definition) is 5. The van der Waals surface area contributed by atoms with Crippen molar-refractivity contribution in [2.45, 2.75) is 33.7 Å². The summed E-state index contributed by atoms with van der Waals surface area (Å²) < 4.78 is 6.23. The number of hydrogen-bond donors (Lipinski definition) is 1. The second kappa shape index (κ2) is 5.92. The fourth-order valence-electron chi connectivity index (χ4n) is 2.63. The van der Waals surface area contributed by atoms with Gasteiger partial charge < -0.3 is 9.84 Å². The van der Waals surface area contributed by atoms with Crippen LogP contribution < -0.4 is 10.9 Å². The van der Waals surface area contributed by atoms with Crippen LogP contribution in [0.4, 0.5) is 5.69 Å². The van der Waals surface area contributed by atoms with E-state index in [1.165, 1.54) is 0 Å². The lowest BCUT2D eigenvalue weighted by Gasteiger charge is -2.15. The summed E-state index contributed by atoms with van der Waals surface area (Å²) in [6, 6.07) is 6.67. The van der Waals surface area contributed by atoms with E-state index in [1.54, 1.807) is 20.8 Å². The van der Waals surface area contributed by atoms with Gasteiger partial charge in [0.05, 0.1) is 11.1 Å². The molecule has 2 heterocycles. The molecule has 124 valence electrons. The van der Waals surface area contributed by atoms with Gasteiger partial charge in [-0.1, -0.05) is 23.4 Å². The van der Waals surface area contributed by atoms with Crippen LogP contribution in [0.5, 0.6) is 0 Å². The summed E-state index contributed by atoms with van der Waals surface area (Å²) in [5.41, 5.74) is 1.99. The molecular weight excluding hydrogens is 308 g/mol. The molecule has 0 radical (unpaired) electrons. The highest BCUT2D eigenvalue weighted by molar-refractivity contribution is 5.94. The highest BCUT2D eigenvalue weighted by Crippen LogP contribution is 2.19. The molecule has 0 aliphatic heterocycles. The zero-order chi connectivity index (χ0) is 17.4. The van der Waals surface area contributed by atoms with Crippen molar-refractivity contribution in [2.75, 3.05) is 5.32 Å². The van der Waals surface area contributed by atoms with Crippen LogP contribution in [0.3, 0.4) is 0 Å². The average molecular weight is 326 g/mol. The first-order chi connectivity index (χ1) is 11.4. The van der Waals surface area contributed by atoms with E-state index in [9.17, 15) is 9.59 Å². The van der Waals surface area contributed by atoms with E-state index >= 15 is 0 Å². The zero-order valence-corrected chi connectivity index (χ0v) is 14.0. The number of anilines is 1. The van der Waals surface area contributed by atoms with Crippen molar-refractivity contribution in [2.24, 2.45) is 0 Å². The maximum atomic E-state index is 12.6. The normalized spacial score (nSPS) is 12.3. The van der Waals surface area contributed by atoms with Crippen LogP contribution in [-0.2, 0) is 4.79 Å². The smallest absolute Gasteiger partial charge is 0.297 e. The van der Waals surface area contributed by atoms with Crippen molar-refractivity contribution < 1.29 is 9.32 Å². The number of nitrogens with zero attached hydrogens (tertiary/aromatic N) is 3. The first-order valence-corrected chi connectivity index (χ1v) is 7.62. The molecule has 1 N–H and O–H groups in total. The van der Waals surface area contributed by atoms with Crippen LogP contribution in [0, 0.1) is 20.8 Å². The largest absolute Gasteiger partial charge is 0.360 e. The third kappa shape index (κ3) is 2.58. The van der Waals surface area contributed by atoms with Crippen molar-refractivity contribution in [3.63, 3.8) is 0 Å². The van der Waals surface area contributed by atoms with E-state index in [-0.39, 0.29) is 11.4 Å². The Labute approximate surface area is 138 Å². The summed E-state index contributed by atoms with van der Waals surface area (Å²) >= 11 is 0. The SMILES string of the molecule is Cc1ccccc1NC(=O)[C@@H](C)n1nc(C)c2c(C)onc2c1=O. The van der Waals surface area contributed by atoms with Gasteiger partial charge in [0, 0.05) is 5.69 Å². The molecule has 0 aliphatic rings. The van der Waals surface area contributed by atoms with Gasteiger partial charge in [0.2, 0.25) is 5.91 Å². The Morgan fingerprint density at radius 3 is 2.67 bits per heavy atom. The number of nitrogens with one attached hydrogen (secondary N) is 1. The summed E-state index contributed by atoms with van der Waals surface area (Å²) in [5, 5.41) is 11.5. The highest BCUT2D eigenvalue weighted by Gasteiger charge is 2.22. The molecule has 7 nitrogen and oxygen atoms in total. The molecule has 7 heteroatoms. The molecule has 0 bridgehead atoms. The van der Waals surface area contributed by atoms with E-state index in [0.717, 1.165) is 10.2 Å². The van der Waals surface area contributed by atoms with E-state index in [0.29, 0.717) is 22.5 Å². The molecule has 1 atom stereocenters. The predicted molar refractivity (Wildman–Crippen MR) is 90.1 cm³/mol. The van der Waals surface area contributed by atoms with E-state index < -0.39 is 11.6 Å². The van der Waals surface area contributed by atoms with Crippen LogP contribution in [0.15, 0.2) is 33.6 Å². The maximum absolute atomic E-state index is 12.6. The number of carbonyl (C=O) groups is 1. The van der Waals surface area contributed by atoms with Crippen LogP contribution in [-0.4, -0.2) is 20.8 Å². The molecule has 0 aliphatic carbocycles. The second-order valence-corrected chi connectivity index (χ2v) is 5.78. The van der Waals surface area contributed by atoms with Crippen LogP contribution >= 0.6 is 0 Å². The Kier molecular flexibility index (Phi) is 3.92. The molecule has 0 spiro atoms. The number of aryl methyl sites for hydroxylation is 3. The van der Waals surface area contributed by atoms with E-state index in [1.807, 2.05) is 31.2 Å². The quantitative estimate of drug-likeness (QED) is 0.798. The number of rotatable bonds is 3. The zero-order valence-electron chi connectivity index (χ0n) is 14.0. The van der Waals surface area contributed by atoms with E-state index in [2.05, 4.69) is 15.6 Å². The molecule has 1 aromatic carbocycles. The maximum Gasteiger partial charge on any atom is 0.297 e. The Morgan fingerprint density at radius 2 is 1.96 bits per heavy atom. The number of amides is 1. The van der Waals surface area contributed by atoms with Gasteiger partial charge in [-0.25, -0.2) is 4.68 Å². The molecule has 0 unspecified atom stereocenters. The Morgan fingerprint density at radius 1 is 1.25 bits per heavy atom. The summed E-state index contributed by atoms with van der Waals surface area (Å²) in [4.78, 5) is 25.1. The molecular formula is C17H18N4O3. The van der Waals surface area contributed by atoms with Gasteiger partial charge in [-0.3, -0.25) is 9.59 Å². The molecule has 2 aromatic heterocycles. The Bertz CT molecular complexity index is 987. The lowest BCUT2D eigenvalue weighted by Crippen LogP contribution is -2.34. The molecule has 24 heavy (non-hydrogen) atoms. The third-order valence-corrected chi connectivity index (χ3v) is 4.04. The fraction of sp³-hybridized carbons (Fsp3) is 0.294. The third-order valence-electron chi connectivity index (χ3n) is 4.04. The molecule has 3 rings (SSSR count). The van der Waals surface area contributed by atoms with Gasteiger partial charge in [-0.05, 0) is 39.3 Å². The van der Waals surface area contributed by atoms with Gasteiger partial charge in [-0.2, -0.15) is 5.10 Å². The topological polar surface area (TPSA) is 90.0 Å². The second-order valence-electron chi connectivity index (χ2n) is 5.78. The van der Waals surface area contributed by atoms with Crippen molar-refractivity contribution in [1.82, 2.24) is 14.9 Å². The van der Waals surface area contributed by atoms with Crippen LogP contribution in [0.25, 0.3) is 10.9 Å². The fourth-order valence-corrected chi connectivity index (χ4v) is 2.63. The molecule has 0 saturated carbocycles. The van der Waals surface area contributed by atoms with Crippen molar-refractivity contribution in [1.29, 1.82) is 0 Å². The predicted octanol–water partition coefficient (Wildman–Crippen LogP) is 2.51.